The maximum absolute atomic E-state index is 12.6. The maximum atomic E-state index is 12.6. The van der Waals surface area contributed by atoms with Crippen LogP contribution in [0.5, 0.6) is 0 Å². The summed E-state index contributed by atoms with van der Waals surface area (Å²) in [6, 6.07) is 9.25. The fraction of sp³-hybridized carbons (Fsp3) is 0.333. The predicted octanol–water partition coefficient (Wildman–Crippen LogP) is 2.36. The van der Waals surface area contributed by atoms with Gasteiger partial charge < -0.3 is 0 Å². The van der Waals surface area contributed by atoms with Crippen LogP contribution in [0.25, 0.3) is 5.65 Å². The van der Waals surface area contributed by atoms with Crippen LogP contribution in [0.1, 0.15) is 24.6 Å². The van der Waals surface area contributed by atoms with Crippen molar-refractivity contribution >= 4 is 27.0 Å². The summed E-state index contributed by atoms with van der Waals surface area (Å²) in [4.78, 5) is 0. The Morgan fingerprint density at radius 1 is 1.09 bits per heavy atom. The number of sulfonamides is 1. The average Bonchev–Trinajstić information content (AvgIpc) is 3.25. The Morgan fingerprint density at radius 2 is 1.91 bits per heavy atom. The predicted molar refractivity (Wildman–Crippen MR) is 88.0 cm³/mol. The molecule has 1 fully saturated rings. The van der Waals surface area contributed by atoms with Gasteiger partial charge in [-0.2, -0.15) is 4.31 Å². The van der Waals surface area contributed by atoms with Gasteiger partial charge in [-0.15, -0.1) is 21.5 Å². The van der Waals surface area contributed by atoms with Gasteiger partial charge >= 0.3 is 0 Å². The maximum Gasteiger partial charge on any atom is 0.252 e. The number of piperidine rings is 1. The second-order valence-electron chi connectivity index (χ2n) is 5.60. The van der Waals surface area contributed by atoms with Crippen molar-refractivity contribution in [3.8, 4) is 0 Å². The average molecular weight is 348 g/mol. The number of thiophene rings is 1. The van der Waals surface area contributed by atoms with E-state index in [0.717, 1.165) is 24.3 Å². The van der Waals surface area contributed by atoms with Crippen LogP contribution in [0.3, 0.4) is 0 Å². The Balaban J connectivity index is 1.53. The molecule has 0 saturated carbocycles. The van der Waals surface area contributed by atoms with Crippen molar-refractivity contribution in [3.05, 3.63) is 47.7 Å². The second-order valence-corrected chi connectivity index (χ2v) is 8.71. The Kier molecular flexibility index (Phi) is 3.67. The molecule has 3 aromatic heterocycles. The lowest BCUT2D eigenvalue weighted by molar-refractivity contribution is 0.313. The van der Waals surface area contributed by atoms with E-state index in [1.54, 1.807) is 21.8 Å². The van der Waals surface area contributed by atoms with Crippen molar-refractivity contribution in [2.75, 3.05) is 13.1 Å². The van der Waals surface area contributed by atoms with Crippen molar-refractivity contribution in [1.82, 2.24) is 18.9 Å². The molecule has 6 nitrogen and oxygen atoms in total. The molecule has 0 N–H and O–H groups in total. The van der Waals surface area contributed by atoms with Crippen molar-refractivity contribution in [3.63, 3.8) is 0 Å². The Hall–Kier alpha value is -1.77. The van der Waals surface area contributed by atoms with Crippen LogP contribution >= 0.6 is 11.3 Å². The van der Waals surface area contributed by atoms with Gasteiger partial charge in [-0.25, -0.2) is 8.42 Å². The van der Waals surface area contributed by atoms with Crippen molar-refractivity contribution in [1.29, 1.82) is 0 Å². The van der Waals surface area contributed by atoms with E-state index in [-0.39, 0.29) is 5.92 Å². The van der Waals surface area contributed by atoms with Gasteiger partial charge in [-0.3, -0.25) is 4.40 Å². The first-order valence-corrected chi connectivity index (χ1v) is 9.81. The molecule has 0 spiro atoms. The van der Waals surface area contributed by atoms with E-state index < -0.39 is 10.0 Å². The Morgan fingerprint density at radius 3 is 2.65 bits per heavy atom. The van der Waals surface area contributed by atoms with E-state index in [1.807, 2.05) is 28.8 Å². The van der Waals surface area contributed by atoms with Crippen LogP contribution in [0.4, 0.5) is 0 Å². The molecule has 0 aromatic carbocycles. The molecule has 4 rings (SSSR count). The van der Waals surface area contributed by atoms with Gasteiger partial charge in [0.15, 0.2) is 5.65 Å². The van der Waals surface area contributed by atoms with E-state index in [4.69, 9.17) is 0 Å². The van der Waals surface area contributed by atoms with Gasteiger partial charge in [0.2, 0.25) is 0 Å². The number of hydrogen-bond acceptors (Lipinski definition) is 5. The molecule has 0 radical (unpaired) electrons. The molecule has 1 saturated heterocycles. The summed E-state index contributed by atoms with van der Waals surface area (Å²) >= 11 is 1.27. The zero-order chi connectivity index (χ0) is 15.9. The molecule has 4 heterocycles. The van der Waals surface area contributed by atoms with E-state index in [2.05, 4.69) is 10.2 Å². The molecule has 0 amide bonds. The Bertz CT molecular complexity index is 910. The third-order valence-electron chi connectivity index (χ3n) is 4.25. The van der Waals surface area contributed by atoms with Crippen LogP contribution in [0.2, 0.25) is 0 Å². The minimum absolute atomic E-state index is 0.238. The summed E-state index contributed by atoms with van der Waals surface area (Å²) in [6.45, 7) is 1.04. The first kappa shape index (κ1) is 14.8. The largest absolute Gasteiger partial charge is 0.286 e. The number of rotatable bonds is 3. The Labute approximate surface area is 138 Å². The number of hydrogen-bond donors (Lipinski definition) is 0. The van der Waals surface area contributed by atoms with Gasteiger partial charge in [0, 0.05) is 25.2 Å². The van der Waals surface area contributed by atoms with Crippen LogP contribution in [0.15, 0.2) is 46.1 Å². The molecule has 0 atom stereocenters. The summed E-state index contributed by atoms with van der Waals surface area (Å²) in [5, 5.41) is 10.3. The zero-order valence-corrected chi connectivity index (χ0v) is 14.0. The van der Waals surface area contributed by atoms with Gasteiger partial charge in [-0.1, -0.05) is 12.1 Å². The lowest BCUT2D eigenvalue weighted by atomic mass is 9.97. The van der Waals surface area contributed by atoms with Gasteiger partial charge in [0.1, 0.15) is 10.0 Å². The molecular formula is C15H16N4O2S2. The molecule has 23 heavy (non-hydrogen) atoms. The number of nitrogens with zero attached hydrogens (tertiary/aromatic N) is 4. The van der Waals surface area contributed by atoms with Crippen LogP contribution in [-0.4, -0.2) is 40.4 Å². The van der Waals surface area contributed by atoms with Crippen molar-refractivity contribution < 1.29 is 8.42 Å². The molecule has 0 unspecified atom stereocenters. The second kappa shape index (κ2) is 5.70. The molecule has 0 aliphatic carbocycles. The SMILES string of the molecule is O=S(=O)(c1cccs1)N1CCC(c2nnc3ccccn23)CC1. The fourth-order valence-electron chi connectivity index (χ4n) is 3.03. The highest BCUT2D eigenvalue weighted by Gasteiger charge is 2.32. The molecule has 8 heteroatoms. The molecule has 1 aliphatic rings. The van der Waals surface area contributed by atoms with E-state index in [9.17, 15) is 8.42 Å². The minimum atomic E-state index is -3.34. The molecule has 120 valence electrons. The molecular weight excluding hydrogens is 332 g/mol. The minimum Gasteiger partial charge on any atom is -0.286 e. The first-order chi connectivity index (χ1) is 11.2. The van der Waals surface area contributed by atoms with Gasteiger partial charge in [-0.05, 0) is 36.4 Å². The van der Waals surface area contributed by atoms with Gasteiger partial charge in [0.05, 0.1) is 0 Å². The highest BCUT2D eigenvalue weighted by molar-refractivity contribution is 7.91. The molecule has 3 aromatic rings. The summed E-state index contributed by atoms with van der Waals surface area (Å²) < 4.78 is 29.1. The summed E-state index contributed by atoms with van der Waals surface area (Å²) in [5.41, 5.74) is 0.830. The zero-order valence-electron chi connectivity index (χ0n) is 12.4. The molecule has 1 aliphatic heterocycles. The highest BCUT2D eigenvalue weighted by atomic mass is 32.2. The highest BCUT2D eigenvalue weighted by Crippen LogP contribution is 2.31. The fourth-order valence-corrected chi connectivity index (χ4v) is 5.64. The van der Waals surface area contributed by atoms with Crippen molar-refractivity contribution in [2.45, 2.75) is 23.0 Å². The van der Waals surface area contributed by atoms with Crippen LogP contribution in [-0.2, 0) is 10.0 Å². The lowest BCUT2D eigenvalue weighted by Crippen LogP contribution is -2.37. The number of fused-ring (bicyclic) bond motifs is 1. The van der Waals surface area contributed by atoms with Crippen molar-refractivity contribution in [2.24, 2.45) is 0 Å². The van der Waals surface area contributed by atoms with E-state index in [1.165, 1.54) is 11.3 Å². The summed E-state index contributed by atoms with van der Waals surface area (Å²) in [6.07, 6.45) is 3.49. The lowest BCUT2D eigenvalue weighted by Gasteiger charge is -2.29. The number of pyridine rings is 1. The van der Waals surface area contributed by atoms with E-state index >= 15 is 0 Å². The first-order valence-electron chi connectivity index (χ1n) is 7.49. The van der Waals surface area contributed by atoms with Gasteiger partial charge in [0.25, 0.3) is 10.0 Å². The standard InChI is InChI=1S/C15H16N4O2S2/c20-23(21,14-5-3-11-22-14)18-9-6-12(7-10-18)15-17-16-13-4-1-2-8-19(13)15/h1-5,8,11-12H,6-7,9-10H2. The normalized spacial score (nSPS) is 17.7. The smallest absolute Gasteiger partial charge is 0.252 e. The summed E-state index contributed by atoms with van der Waals surface area (Å²) in [7, 11) is -3.34. The third-order valence-corrected chi connectivity index (χ3v) is 7.52. The topological polar surface area (TPSA) is 67.6 Å². The quantitative estimate of drug-likeness (QED) is 0.729. The molecule has 0 bridgehead atoms. The monoisotopic (exact) mass is 348 g/mol. The van der Waals surface area contributed by atoms with E-state index in [0.29, 0.717) is 17.3 Å². The van der Waals surface area contributed by atoms with Crippen LogP contribution in [0, 0.1) is 0 Å². The summed E-state index contributed by atoms with van der Waals surface area (Å²) in [5.74, 6) is 1.16. The third kappa shape index (κ3) is 2.56. The number of aromatic nitrogens is 3. The van der Waals surface area contributed by atoms with Crippen LogP contribution < -0.4 is 0 Å².